The van der Waals surface area contributed by atoms with Gasteiger partial charge in [-0.2, -0.15) is 0 Å². The lowest BCUT2D eigenvalue weighted by Gasteiger charge is -2.13. The molecule has 1 aromatic carbocycles. The lowest BCUT2D eigenvalue weighted by molar-refractivity contribution is -0.123. The number of nitrogens with zero attached hydrogens (tertiary/aromatic N) is 1. The fourth-order valence-corrected chi connectivity index (χ4v) is 1.76. The molecule has 0 saturated heterocycles. The maximum absolute atomic E-state index is 11.9. The van der Waals surface area contributed by atoms with Gasteiger partial charge in [0.1, 0.15) is 5.69 Å². The van der Waals surface area contributed by atoms with Crippen LogP contribution in [-0.4, -0.2) is 23.0 Å². The highest BCUT2D eigenvalue weighted by molar-refractivity contribution is 6.30. The van der Waals surface area contributed by atoms with Crippen LogP contribution in [0.3, 0.4) is 0 Å². The van der Waals surface area contributed by atoms with Gasteiger partial charge in [0.25, 0.3) is 5.91 Å². The van der Waals surface area contributed by atoms with Crippen molar-refractivity contribution in [3.8, 4) is 0 Å². The molecule has 5 nitrogen and oxygen atoms in total. The first-order valence-electron chi connectivity index (χ1n) is 6.24. The molecule has 108 valence electrons. The number of halogens is 1. The van der Waals surface area contributed by atoms with Crippen LogP contribution in [0.1, 0.15) is 17.4 Å². The SMILES string of the molecule is C[C@@H](OC(=O)c1ccccn1)C(=O)Nc1cccc(Cl)c1. The van der Waals surface area contributed by atoms with E-state index in [-0.39, 0.29) is 5.69 Å². The van der Waals surface area contributed by atoms with Gasteiger partial charge < -0.3 is 10.1 Å². The van der Waals surface area contributed by atoms with Gasteiger partial charge in [0, 0.05) is 16.9 Å². The predicted octanol–water partition coefficient (Wildman–Crippen LogP) is 2.92. The fraction of sp³-hybridized carbons (Fsp3) is 0.133. The van der Waals surface area contributed by atoms with Gasteiger partial charge in [-0.05, 0) is 37.3 Å². The predicted molar refractivity (Wildman–Crippen MR) is 79.2 cm³/mol. The zero-order chi connectivity index (χ0) is 15.2. The first-order valence-corrected chi connectivity index (χ1v) is 6.62. The minimum absolute atomic E-state index is 0.153. The minimum Gasteiger partial charge on any atom is -0.448 e. The molecule has 2 rings (SSSR count). The molecule has 1 atom stereocenters. The Bertz CT molecular complexity index is 646. The van der Waals surface area contributed by atoms with Crippen LogP contribution in [0.5, 0.6) is 0 Å². The number of ether oxygens (including phenoxy) is 1. The van der Waals surface area contributed by atoms with Gasteiger partial charge in [-0.25, -0.2) is 9.78 Å². The summed E-state index contributed by atoms with van der Waals surface area (Å²) in [5.41, 5.74) is 0.688. The molecule has 21 heavy (non-hydrogen) atoms. The fourth-order valence-electron chi connectivity index (χ4n) is 1.57. The number of carbonyl (C=O) groups excluding carboxylic acids is 2. The number of benzene rings is 1. The van der Waals surface area contributed by atoms with Gasteiger partial charge in [0.05, 0.1) is 0 Å². The van der Waals surface area contributed by atoms with Gasteiger partial charge in [0.15, 0.2) is 6.10 Å². The van der Waals surface area contributed by atoms with Crippen molar-refractivity contribution in [2.45, 2.75) is 13.0 Å². The smallest absolute Gasteiger partial charge is 0.357 e. The number of hydrogen-bond acceptors (Lipinski definition) is 4. The first-order chi connectivity index (χ1) is 10.1. The normalized spacial score (nSPS) is 11.5. The Kier molecular flexibility index (Phi) is 4.90. The van der Waals surface area contributed by atoms with Crippen molar-refractivity contribution in [1.29, 1.82) is 0 Å². The van der Waals surface area contributed by atoms with E-state index < -0.39 is 18.0 Å². The monoisotopic (exact) mass is 304 g/mol. The van der Waals surface area contributed by atoms with Crippen molar-refractivity contribution in [2.24, 2.45) is 0 Å². The van der Waals surface area contributed by atoms with E-state index in [1.165, 1.54) is 19.2 Å². The Morgan fingerprint density at radius 1 is 1.24 bits per heavy atom. The van der Waals surface area contributed by atoms with Crippen LogP contribution in [0.4, 0.5) is 5.69 Å². The molecule has 0 aliphatic carbocycles. The molecule has 0 radical (unpaired) electrons. The largest absolute Gasteiger partial charge is 0.448 e. The van der Waals surface area contributed by atoms with Crippen molar-refractivity contribution in [3.05, 3.63) is 59.4 Å². The Balaban J connectivity index is 1.95. The summed E-state index contributed by atoms with van der Waals surface area (Å²) in [5, 5.41) is 3.12. The summed E-state index contributed by atoms with van der Waals surface area (Å²) in [6.45, 7) is 1.49. The number of amides is 1. The molecule has 1 aromatic heterocycles. The summed E-state index contributed by atoms with van der Waals surface area (Å²) in [5.74, 6) is -1.09. The van der Waals surface area contributed by atoms with Crippen molar-refractivity contribution in [3.63, 3.8) is 0 Å². The zero-order valence-corrected chi connectivity index (χ0v) is 12.0. The summed E-state index contributed by atoms with van der Waals surface area (Å²) in [6.07, 6.45) is 0.534. The second kappa shape index (κ2) is 6.85. The third kappa shape index (κ3) is 4.29. The summed E-state index contributed by atoms with van der Waals surface area (Å²) in [4.78, 5) is 27.6. The van der Waals surface area contributed by atoms with E-state index in [9.17, 15) is 9.59 Å². The number of esters is 1. The number of pyridine rings is 1. The van der Waals surface area contributed by atoms with E-state index in [1.54, 1.807) is 36.4 Å². The molecule has 0 aliphatic rings. The van der Waals surface area contributed by atoms with Crippen LogP contribution < -0.4 is 5.32 Å². The van der Waals surface area contributed by atoms with Crippen molar-refractivity contribution < 1.29 is 14.3 Å². The van der Waals surface area contributed by atoms with Gasteiger partial charge >= 0.3 is 5.97 Å². The van der Waals surface area contributed by atoms with Crippen LogP contribution in [0, 0.1) is 0 Å². The van der Waals surface area contributed by atoms with Gasteiger partial charge in [0.2, 0.25) is 0 Å². The molecule has 0 saturated carbocycles. The highest BCUT2D eigenvalue weighted by Gasteiger charge is 2.19. The lowest BCUT2D eigenvalue weighted by Crippen LogP contribution is -2.30. The van der Waals surface area contributed by atoms with Gasteiger partial charge in [-0.15, -0.1) is 0 Å². The summed E-state index contributed by atoms with van der Waals surface area (Å²) in [7, 11) is 0. The lowest BCUT2D eigenvalue weighted by atomic mass is 10.3. The van der Waals surface area contributed by atoms with Crippen LogP contribution in [0.25, 0.3) is 0 Å². The van der Waals surface area contributed by atoms with Gasteiger partial charge in [-0.1, -0.05) is 23.7 Å². The molecule has 0 aliphatic heterocycles. The number of anilines is 1. The third-order valence-electron chi connectivity index (χ3n) is 2.62. The number of nitrogens with one attached hydrogen (secondary N) is 1. The molecule has 1 amide bonds. The molecule has 1 heterocycles. The average molecular weight is 305 g/mol. The van der Waals surface area contributed by atoms with E-state index in [0.29, 0.717) is 10.7 Å². The van der Waals surface area contributed by atoms with Gasteiger partial charge in [-0.3, -0.25) is 4.79 Å². The van der Waals surface area contributed by atoms with Crippen LogP contribution in [0.15, 0.2) is 48.7 Å². The Morgan fingerprint density at radius 3 is 2.71 bits per heavy atom. The highest BCUT2D eigenvalue weighted by atomic mass is 35.5. The van der Waals surface area contributed by atoms with E-state index in [0.717, 1.165) is 0 Å². The molecule has 0 fully saturated rings. The molecule has 0 spiro atoms. The van der Waals surface area contributed by atoms with Crippen molar-refractivity contribution in [2.75, 3.05) is 5.32 Å². The Morgan fingerprint density at radius 2 is 2.05 bits per heavy atom. The number of rotatable bonds is 4. The van der Waals surface area contributed by atoms with E-state index >= 15 is 0 Å². The summed E-state index contributed by atoms with van der Waals surface area (Å²) < 4.78 is 5.05. The van der Waals surface area contributed by atoms with Crippen molar-refractivity contribution >= 4 is 29.2 Å². The van der Waals surface area contributed by atoms with E-state index in [4.69, 9.17) is 16.3 Å². The molecular weight excluding hydrogens is 292 g/mol. The summed E-state index contributed by atoms with van der Waals surface area (Å²) >= 11 is 5.83. The van der Waals surface area contributed by atoms with E-state index in [1.807, 2.05) is 0 Å². The van der Waals surface area contributed by atoms with Crippen molar-refractivity contribution in [1.82, 2.24) is 4.98 Å². The highest BCUT2D eigenvalue weighted by Crippen LogP contribution is 2.15. The summed E-state index contributed by atoms with van der Waals surface area (Å²) in [6, 6.07) is 11.6. The second-order valence-electron chi connectivity index (χ2n) is 4.26. The quantitative estimate of drug-likeness (QED) is 0.882. The van der Waals surface area contributed by atoms with Crippen LogP contribution in [0.2, 0.25) is 5.02 Å². The number of aromatic nitrogens is 1. The standard InChI is InChI=1S/C15H13ClN2O3/c1-10(21-15(20)13-7-2-3-8-17-13)14(19)18-12-6-4-5-11(16)9-12/h2-10H,1H3,(H,18,19)/t10-/m1/s1. The molecule has 0 bridgehead atoms. The topological polar surface area (TPSA) is 68.3 Å². The minimum atomic E-state index is -0.946. The maximum atomic E-state index is 11.9. The second-order valence-corrected chi connectivity index (χ2v) is 4.70. The average Bonchev–Trinajstić information content (AvgIpc) is 2.48. The molecule has 6 heteroatoms. The molecule has 1 N–H and O–H groups in total. The first kappa shape index (κ1) is 15.0. The molecule has 0 unspecified atom stereocenters. The molecular formula is C15H13ClN2O3. The zero-order valence-electron chi connectivity index (χ0n) is 11.2. The van der Waals surface area contributed by atoms with E-state index in [2.05, 4.69) is 10.3 Å². The van der Waals surface area contributed by atoms with Crippen LogP contribution in [-0.2, 0) is 9.53 Å². The maximum Gasteiger partial charge on any atom is 0.357 e. The Hall–Kier alpha value is -2.40. The van der Waals surface area contributed by atoms with Crippen LogP contribution >= 0.6 is 11.6 Å². The number of carbonyl (C=O) groups is 2. The Labute approximate surface area is 126 Å². The number of hydrogen-bond donors (Lipinski definition) is 1. The third-order valence-corrected chi connectivity index (χ3v) is 2.85. The molecule has 2 aromatic rings.